The summed E-state index contributed by atoms with van der Waals surface area (Å²) in [6.45, 7) is 2.66. The number of rotatable bonds is 2. The van der Waals surface area contributed by atoms with Gasteiger partial charge in [-0.1, -0.05) is 12.1 Å². The van der Waals surface area contributed by atoms with Gasteiger partial charge in [-0.15, -0.1) is 0 Å². The smallest absolute Gasteiger partial charge is 0.176 e. The monoisotopic (exact) mass is 191 g/mol. The number of nitrogens with one attached hydrogen (secondary N) is 1. The molecule has 1 heterocycles. The first-order valence-electron chi connectivity index (χ1n) is 4.58. The van der Waals surface area contributed by atoms with E-state index >= 15 is 0 Å². The van der Waals surface area contributed by atoms with Crippen molar-refractivity contribution in [2.24, 2.45) is 0 Å². The zero-order valence-corrected chi connectivity index (χ0v) is 8.29. The Morgan fingerprint density at radius 3 is 2.93 bits per heavy atom. The lowest BCUT2D eigenvalue weighted by Gasteiger charge is -1.97. The SMILES string of the molecule is CNCc1c(C)oc2c(O)cccc12. The van der Waals surface area contributed by atoms with Gasteiger partial charge in [0.05, 0.1) is 0 Å². The minimum absolute atomic E-state index is 0.202. The Morgan fingerprint density at radius 1 is 1.43 bits per heavy atom. The van der Waals surface area contributed by atoms with Gasteiger partial charge in [-0.2, -0.15) is 0 Å². The van der Waals surface area contributed by atoms with Gasteiger partial charge in [-0.05, 0) is 20.0 Å². The predicted octanol–water partition coefficient (Wildman–Crippen LogP) is 2.17. The highest BCUT2D eigenvalue weighted by Gasteiger charge is 2.12. The molecule has 0 radical (unpaired) electrons. The van der Waals surface area contributed by atoms with Crippen LogP contribution in [-0.4, -0.2) is 12.2 Å². The van der Waals surface area contributed by atoms with Gasteiger partial charge in [0.1, 0.15) is 5.76 Å². The molecule has 0 saturated heterocycles. The molecule has 0 atom stereocenters. The second-order valence-electron chi connectivity index (χ2n) is 3.32. The standard InChI is InChI=1S/C11H13NO2/c1-7-9(6-12-2)8-4-3-5-10(13)11(8)14-7/h3-5,12-13H,6H2,1-2H3. The maximum absolute atomic E-state index is 9.56. The lowest BCUT2D eigenvalue weighted by molar-refractivity contribution is 0.461. The molecule has 3 nitrogen and oxygen atoms in total. The number of aromatic hydroxyl groups is 1. The van der Waals surface area contributed by atoms with Gasteiger partial charge in [-0.3, -0.25) is 0 Å². The van der Waals surface area contributed by atoms with Gasteiger partial charge in [0.15, 0.2) is 11.3 Å². The van der Waals surface area contributed by atoms with Crippen molar-refractivity contribution in [1.29, 1.82) is 0 Å². The second-order valence-corrected chi connectivity index (χ2v) is 3.32. The van der Waals surface area contributed by atoms with E-state index in [-0.39, 0.29) is 5.75 Å². The molecule has 14 heavy (non-hydrogen) atoms. The fourth-order valence-electron chi connectivity index (χ4n) is 1.67. The fourth-order valence-corrected chi connectivity index (χ4v) is 1.67. The summed E-state index contributed by atoms with van der Waals surface area (Å²) in [6.07, 6.45) is 0. The van der Waals surface area contributed by atoms with Gasteiger partial charge in [0.2, 0.25) is 0 Å². The maximum atomic E-state index is 9.56. The third kappa shape index (κ3) is 1.26. The summed E-state index contributed by atoms with van der Waals surface area (Å²) in [4.78, 5) is 0. The molecule has 0 aliphatic rings. The number of phenolic OH excluding ortho intramolecular Hbond substituents is 1. The van der Waals surface area contributed by atoms with Gasteiger partial charge in [0, 0.05) is 17.5 Å². The zero-order valence-electron chi connectivity index (χ0n) is 8.29. The highest BCUT2D eigenvalue weighted by atomic mass is 16.4. The van der Waals surface area contributed by atoms with Crippen LogP contribution >= 0.6 is 0 Å². The number of benzene rings is 1. The van der Waals surface area contributed by atoms with Crippen LogP contribution in [0.4, 0.5) is 0 Å². The molecule has 2 rings (SSSR count). The molecular formula is C11H13NO2. The summed E-state index contributed by atoms with van der Waals surface area (Å²) in [5.74, 6) is 1.06. The number of hydrogen-bond acceptors (Lipinski definition) is 3. The number of aryl methyl sites for hydroxylation is 1. The Morgan fingerprint density at radius 2 is 2.21 bits per heavy atom. The zero-order chi connectivity index (χ0) is 10.1. The molecule has 0 unspecified atom stereocenters. The van der Waals surface area contributed by atoms with Crippen LogP contribution in [-0.2, 0) is 6.54 Å². The van der Waals surface area contributed by atoms with E-state index in [9.17, 15) is 5.11 Å². The van der Waals surface area contributed by atoms with Crippen molar-refractivity contribution in [1.82, 2.24) is 5.32 Å². The van der Waals surface area contributed by atoms with Crippen molar-refractivity contribution < 1.29 is 9.52 Å². The van der Waals surface area contributed by atoms with Crippen molar-refractivity contribution in [3.63, 3.8) is 0 Å². The summed E-state index contributed by atoms with van der Waals surface area (Å²) >= 11 is 0. The molecular weight excluding hydrogens is 178 g/mol. The number of para-hydroxylation sites is 1. The Bertz CT molecular complexity index is 460. The first-order valence-corrected chi connectivity index (χ1v) is 4.58. The van der Waals surface area contributed by atoms with Crippen molar-refractivity contribution in [3.8, 4) is 5.75 Å². The Balaban J connectivity index is 2.70. The normalized spacial score (nSPS) is 11.0. The van der Waals surface area contributed by atoms with E-state index in [4.69, 9.17) is 4.42 Å². The minimum atomic E-state index is 0.202. The van der Waals surface area contributed by atoms with E-state index < -0.39 is 0 Å². The second kappa shape index (κ2) is 3.35. The molecule has 2 N–H and O–H groups in total. The van der Waals surface area contributed by atoms with E-state index in [1.54, 1.807) is 6.07 Å². The van der Waals surface area contributed by atoms with E-state index in [0.717, 1.165) is 23.3 Å². The molecule has 74 valence electrons. The molecule has 2 aromatic rings. The number of hydrogen-bond donors (Lipinski definition) is 2. The molecule has 0 amide bonds. The molecule has 1 aromatic heterocycles. The van der Waals surface area contributed by atoms with Crippen LogP contribution in [0.2, 0.25) is 0 Å². The van der Waals surface area contributed by atoms with Crippen molar-refractivity contribution in [3.05, 3.63) is 29.5 Å². The molecule has 3 heteroatoms. The molecule has 0 spiro atoms. The highest BCUT2D eigenvalue weighted by molar-refractivity contribution is 5.86. The van der Waals surface area contributed by atoms with Gasteiger partial charge < -0.3 is 14.8 Å². The Hall–Kier alpha value is -1.48. The molecule has 0 aliphatic heterocycles. The van der Waals surface area contributed by atoms with Crippen LogP contribution in [0.15, 0.2) is 22.6 Å². The largest absolute Gasteiger partial charge is 0.504 e. The molecule has 0 saturated carbocycles. The summed E-state index contributed by atoms with van der Waals surface area (Å²) in [6, 6.07) is 5.42. The van der Waals surface area contributed by atoms with E-state index in [2.05, 4.69) is 5.32 Å². The van der Waals surface area contributed by atoms with Crippen molar-refractivity contribution in [2.45, 2.75) is 13.5 Å². The van der Waals surface area contributed by atoms with Crippen LogP contribution < -0.4 is 5.32 Å². The van der Waals surface area contributed by atoms with Crippen molar-refractivity contribution in [2.75, 3.05) is 7.05 Å². The van der Waals surface area contributed by atoms with Crippen LogP contribution in [0.3, 0.4) is 0 Å². The van der Waals surface area contributed by atoms with E-state index in [0.29, 0.717) is 5.58 Å². The van der Waals surface area contributed by atoms with Gasteiger partial charge >= 0.3 is 0 Å². The molecule has 0 aliphatic carbocycles. The third-order valence-corrected chi connectivity index (χ3v) is 2.35. The maximum Gasteiger partial charge on any atom is 0.176 e. The van der Waals surface area contributed by atoms with Crippen LogP contribution in [0, 0.1) is 6.92 Å². The third-order valence-electron chi connectivity index (χ3n) is 2.35. The summed E-state index contributed by atoms with van der Waals surface area (Å²) in [5.41, 5.74) is 1.69. The van der Waals surface area contributed by atoms with Gasteiger partial charge in [0.25, 0.3) is 0 Å². The highest BCUT2D eigenvalue weighted by Crippen LogP contribution is 2.31. The van der Waals surface area contributed by atoms with Crippen LogP contribution in [0.25, 0.3) is 11.0 Å². The summed E-state index contributed by atoms with van der Waals surface area (Å²) < 4.78 is 5.49. The first kappa shape index (κ1) is 9.09. The van der Waals surface area contributed by atoms with Crippen LogP contribution in [0.5, 0.6) is 5.75 Å². The summed E-state index contributed by atoms with van der Waals surface area (Å²) in [7, 11) is 1.89. The summed E-state index contributed by atoms with van der Waals surface area (Å²) in [5, 5.41) is 13.6. The molecule has 0 fully saturated rings. The molecule has 1 aromatic carbocycles. The average molecular weight is 191 g/mol. The Labute approximate surface area is 82.3 Å². The molecule has 0 bridgehead atoms. The van der Waals surface area contributed by atoms with Gasteiger partial charge in [-0.25, -0.2) is 0 Å². The quantitative estimate of drug-likeness (QED) is 0.764. The Kier molecular flexibility index (Phi) is 2.17. The lowest BCUT2D eigenvalue weighted by atomic mass is 10.1. The van der Waals surface area contributed by atoms with E-state index in [1.165, 1.54) is 0 Å². The number of furan rings is 1. The number of phenols is 1. The fraction of sp³-hybridized carbons (Fsp3) is 0.273. The predicted molar refractivity (Wildman–Crippen MR) is 55.4 cm³/mol. The van der Waals surface area contributed by atoms with Crippen LogP contribution in [0.1, 0.15) is 11.3 Å². The average Bonchev–Trinajstić information content (AvgIpc) is 2.47. The topological polar surface area (TPSA) is 45.4 Å². The van der Waals surface area contributed by atoms with E-state index in [1.807, 2.05) is 26.1 Å². The minimum Gasteiger partial charge on any atom is -0.504 e. The number of fused-ring (bicyclic) bond motifs is 1. The first-order chi connectivity index (χ1) is 6.74. The lowest BCUT2D eigenvalue weighted by Crippen LogP contribution is -2.05. The van der Waals surface area contributed by atoms with Crippen molar-refractivity contribution >= 4 is 11.0 Å².